The topological polar surface area (TPSA) is 40.2 Å². The molecule has 2 N–H and O–H groups in total. The van der Waals surface area contributed by atoms with Crippen molar-refractivity contribution in [1.29, 1.82) is 0 Å². The molecule has 2 rings (SSSR count). The molecule has 19 heavy (non-hydrogen) atoms. The van der Waals surface area contributed by atoms with E-state index < -0.39 is 0 Å². The number of fused-ring (bicyclic) bond motifs is 1. The zero-order valence-electron chi connectivity index (χ0n) is 11.6. The van der Waals surface area contributed by atoms with Gasteiger partial charge in [-0.2, -0.15) is 0 Å². The van der Waals surface area contributed by atoms with Crippen LogP contribution in [0, 0.1) is 0 Å². The zero-order valence-corrected chi connectivity index (χ0v) is 12.3. The Morgan fingerprint density at radius 3 is 2.79 bits per heavy atom. The third-order valence-electron chi connectivity index (χ3n) is 3.40. The molecule has 0 radical (unpaired) electrons. The lowest BCUT2D eigenvalue weighted by molar-refractivity contribution is 0.415. The first-order chi connectivity index (χ1) is 9.21. The molecule has 1 aromatic carbocycles. The Kier molecular flexibility index (Phi) is 4.72. The number of aryl methyl sites for hydroxylation is 1. The van der Waals surface area contributed by atoms with Crippen LogP contribution in [0.4, 0.5) is 0 Å². The molecule has 0 aliphatic carbocycles. The van der Waals surface area contributed by atoms with E-state index in [4.69, 9.17) is 22.1 Å². The van der Waals surface area contributed by atoms with Crippen LogP contribution in [0.15, 0.2) is 18.3 Å². The van der Waals surface area contributed by atoms with Crippen LogP contribution in [0.25, 0.3) is 10.9 Å². The fourth-order valence-electron chi connectivity index (χ4n) is 2.39. The molecule has 4 heteroatoms. The van der Waals surface area contributed by atoms with Crippen LogP contribution in [0.2, 0.25) is 5.02 Å². The maximum Gasteiger partial charge on any atom is 0.138 e. The second-order valence-corrected chi connectivity index (χ2v) is 5.15. The van der Waals surface area contributed by atoms with E-state index in [1.165, 1.54) is 22.9 Å². The van der Waals surface area contributed by atoms with Crippen molar-refractivity contribution in [1.82, 2.24) is 4.57 Å². The SMILES string of the molecule is CCCCn1cc(CCN)c2cc(OC)c(Cl)cc21. The van der Waals surface area contributed by atoms with E-state index in [0.717, 1.165) is 25.1 Å². The van der Waals surface area contributed by atoms with Crippen LogP contribution in [-0.2, 0) is 13.0 Å². The van der Waals surface area contributed by atoms with Crippen molar-refractivity contribution in [3.05, 3.63) is 28.9 Å². The minimum atomic E-state index is 0.651. The minimum absolute atomic E-state index is 0.651. The molecule has 0 aliphatic heterocycles. The fraction of sp³-hybridized carbons (Fsp3) is 0.467. The molecule has 0 atom stereocenters. The number of nitrogens with two attached hydrogens (primary N) is 1. The number of nitrogens with zero attached hydrogens (tertiary/aromatic N) is 1. The maximum absolute atomic E-state index is 6.23. The van der Waals surface area contributed by atoms with Crippen LogP contribution >= 0.6 is 11.6 Å². The quantitative estimate of drug-likeness (QED) is 0.878. The van der Waals surface area contributed by atoms with Gasteiger partial charge in [-0.25, -0.2) is 0 Å². The van der Waals surface area contributed by atoms with Crippen molar-refractivity contribution >= 4 is 22.5 Å². The molecule has 0 saturated heterocycles. The van der Waals surface area contributed by atoms with Crippen molar-refractivity contribution in [2.45, 2.75) is 32.7 Å². The summed E-state index contributed by atoms with van der Waals surface area (Å²) >= 11 is 6.23. The second-order valence-electron chi connectivity index (χ2n) is 4.74. The molecular formula is C15H21ClN2O. The summed E-state index contributed by atoms with van der Waals surface area (Å²) in [7, 11) is 1.64. The van der Waals surface area contributed by atoms with Gasteiger partial charge in [0.25, 0.3) is 0 Å². The highest BCUT2D eigenvalue weighted by Crippen LogP contribution is 2.33. The summed E-state index contributed by atoms with van der Waals surface area (Å²) in [6.07, 6.45) is 5.41. The Morgan fingerprint density at radius 2 is 2.16 bits per heavy atom. The first-order valence-electron chi connectivity index (χ1n) is 6.76. The molecule has 104 valence electrons. The van der Waals surface area contributed by atoms with E-state index in [0.29, 0.717) is 11.6 Å². The molecule has 0 bridgehead atoms. The number of benzene rings is 1. The number of ether oxygens (including phenoxy) is 1. The summed E-state index contributed by atoms with van der Waals surface area (Å²) in [6.45, 7) is 3.86. The van der Waals surface area contributed by atoms with E-state index >= 15 is 0 Å². The van der Waals surface area contributed by atoms with Gasteiger partial charge in [0.05, 0.1) is 17.6 Å². The smallest absolute Gasteiger partial charge is 0.138 e. The highest BCUT2D eigenvalue weighted by molar-refractivity contribution is 6.32. The van der Waals surface area contributed by atoms with Gasteiger partial charge in [0.2, 0.25) is 0 Å². The molecule has 1 aromatic heterocycles. The van der Waals surface area contributed by atoms with Crippen LogP contribution in [0.1, 0.15) is 25.3 Å². The molecule has 0 aliphatic rings. The second kappa shape index (κ2) is 6.31. The Balaban J connectivity index is 2.54. The van der Waals surface area contributed by atoms with E-state index in [-0.39, 0.29) is 0 Å². The summed E-state index contributed by atoms with van der Waals surface area (Å²) in [4.78, 5) is 0. The Bertz CT molecular complexity index is 563. The summed E-state index contributed by atoms with van der Waals surface area (Å²) in [5.74, 6) is 0.723. The molecule has 0 fully saturated rings. The molecule has 0 amide bonds. The van der Waals surface area contributed by atoms with Gasteiger partial charge in [0.1, 0.15) is 5.75 Å². The number of aromatic nitrogens is 1. The van der Waals surface area contributed by atoms with Gasteiger partial charge in [-0.3, -0.25) is 0 Å². The van der Waals surface area contributed by atoms with E-state index in [2.05, 4.69) is 17.7 Å². The summed E-state index contributed by atoms with van der Waals surface area (Å²) in [5, 5.41) is 1.85. The largest absolute Gasteiger partial charge is 0.495 e. The van der Waals surface area contributed by atoms with Gasteiger partial charge in [-0.1, -0.05) is 24.9 Å². The predicted octanol–water partition coefficient (Wildman–Crippen LogP) is 3.60. The molecule has 0 spiro atoms. The number of hydrogen-bond donors (Lipinski definition) is 1. The molecule has 1 heterocycles. The number of unbranched alkanes of at least 4 members (excludes halogenated alkanes) is 1. The van der Waals surface area contributed by atoms with Crippen LogP contribution in [0.3, 0.4) is 0 Å². The first-order valence-corrected chi connectivity index (χ1v) is 7.14. The molecular weight excluding hydrogens is 260 g/mol. The third-order valence-corrected chi connectivity index (χ3v) is 3.70. The molecule has 2 aromatic rings. The number of rotatable bonds is 6. The van der Waals surface area contributed by atoms with Crippen molar-refractivity contribution in [3.8, 4) is 5.75 Å². The third kappa shape index (κ3) is 2.88. The van der Waals surface area contributed by atoms with Gasteiger partial charge in [0, 0.05) is 18.1 Å². The van der Waals surface area contributed by atoms with E-state index in [1.807, 2.05) is 12.1 Å². The van der Waals surface area contributed by atoms with Gasteiger partial charge in [-0.15, -0.1) is 0 Å². The minimum Gasteiger partial charge on any atom is -0.495 e. The summed E-state index contributed by atoms with van der Waals surface area (Å²) in [6, 6.07) is 4.01. The highest BCUT2D eigenvalue weighted by Gasteiger charge is 2.12. The van der Waals surface area contributed by atoms with Crippen molar-refractivity contribution < 1.29 is 4.74 Å². The number of hydrogen-bond acceptors (Lipinski definition) is 2. The highest BCUT2D eigenvalue weighted by atomic mass is 35.5. The van der Waals surface area contributed by atoms with Crippen LogP contribution < -0.4 is 10.5 Å². The molecule has 3 nitrogen and oxygen atoms in total. The lowest BCUT2D eigenvalue weighted by Crippen LogP contribution is -2.02. The van der Waals surface area contributed by atoms with Crippen molar-refractivity contribution in [2.24, 2.45) is 5.73 Å². The normalized spacial score (nSPS) is 11.2. The summed E-state index contributed by atoms with van der Waals surface area (Å²) < 4.78 is 7.58. The molecule has 0 unspecified atom stereocenters. The average Bonchev–Trinajstić information content (AvgIpc) is 2.73. The zero-order chi connectivity index (χ0) is 13.8. The first kappa shape index (κ1) is 14.2. The summed E-state index contributed by atoms with van der Waals surface area (Å²) in [5.41, 5.74) is 8.13. The van der Waals surface area contributed by atoms with Gasteiger partial charge >= 0.3 is 0 Å². The lowest BCUT2D eigenvalue weighted by atomic mass is 10.1. The van der Waals surface area contributed by atoms with E-state index in [1.54, 1.807) is 7.11 Å². The average molecular weight is 281 g/mol. The standard InChI is InChI=1S/C15H21ClN2O/c1-3-4-7-18-10-11(5-6-17)12-8-15(19-2)13(16)9-14(12)18/h8-10H,3-7,17H2,1-2H3. The number of methoxy groups -OCH3 is 1. The number of halogens is 1. The predicted molar refractivity (Wildman–Crippen MR) is 81.2 cm³/mol. The monoisotopic (exact) mass is 280 g/mol. The Labute approximate surface area is 119 Å². The van der Waals surface area contributed by atoms with Crippen molar-refractivity contribution in [3.63, 3.8) is 0 Å². The maximum atomic E-state index is 6.23. The van der Waals surface area contributed by atoms with Crippen LogP contribution in [0.5, 0.6) is 5.75 Å². The van der Waals surface area contributed by atoms with Crippen molar-refractivity contribution in [2.75, 3.05) is 13.7 Å². The van der Waals surface area contributed by atoms with Gasteiger partial charge in [-0.05, 0) is 37.1 Å². The molecule has 0 saturated carbocycles. The van der Waals surface area contributed by atoms with Gasteiger partial charge in [0.15, 0.2) is 0 Å². The van der Waals surface area contributed by atoms with Crippen LogP contribution in [-0.4, -0.2) is 18.2 Å². The Hall–Kier alpha value is -1.19. The Morgan fingerprint density at radius 1 is 1.37 bits per heavy atom. The van der Waals surface area contributed by atoms with E-state index in [9.17, 15) is 0 Å². The fourth-order valence-corrected chi connectivity index (χ4v) is 2.62. The van der Waals surface area contributed by atoms with Gasteiger partial charge < -0.3 is 15.0 Å². The lowest BCUT2D eigenvalue weighted by Gasteiger charge is -2.07.